The second kappa shape index (κ2) is 4.64. The van der Waals surface area contributed by atoms with Crippen LogP contribution in [-0.2, 0) is 0 Å². The van der Waals surface area contributed by atoms with Crippen molar-refractivity contribution >= 4 is 27.5 Å². The quantitative estimate of drug-likeness (QED) is 0.647. The summed E-state index contributed by atoms with van der Waals surface area (Å²) in [6.07, 6.45) is -1.76. The van der Waals surface area contributed by atoms with E-state index in [1.165, 1.54) is 4.90 Å². The molecule has 0 spiro atoms. The number of carbonyl (C=O) groups excluding carboxylic acids is 1. The smallest absolute Gasteiger partial charge is 0.256 e. The Morgan fingerprint density at radius 2 is 1.94 bits per heavy atom. The molecular weight excluding hydrogens is 288 g/mol. The number of benzene rings is 1. The van der Waals surface area contributed by atoms with Crippen LogP contribution in [0.25, 0.3) is 0 Å². The van der Waals surface area contributed by atoms with Crippen LogP contribution in [0.2, 0.25) is 0 Å². The third-order valence-corrected chi connectivity index (χ3v) is 3.29. The molecule has 1 saturated heterocycles. The van der Waals surface area contributed by atoms with E-state index in [0.29, 0.717) is 11.3 Å². The molecular formula is C11H13BrN2O3. The number of likely N-dealkylation sites (tertiary alicyclic amines) is 1. The van der Waals surface area contributed by atoms with E-state index >= 15 is 0 Å². The van der Waals surface area contributed by atoms with Gasteiger partial charge in [-0.1, -0.05) is 15.9 Å². The van der Waals surface area contributed by atoms with Crippen LogP contribution in [0.4, 0.5) is 5.69 Å². The van der Waals surface area contributed by atoms with Crippen LogP contribution in [0.1, 0.15) is 10.4 Å². The molecule has 0 unspecified atom stereocenters. The lowest BCUT2D eigenvalue weighted by molar-refractivity contribution is 0.0572. The number of aliphatic hydroxyl groups is 2. The summed E-state index contributed by atoms with van der Waals surface area (Å²) in [6, 6.07) is 5.02. The predicted octanol–water partition coefficient (Wildman–Crippen LogP) is 0.209. The Hall–Kier alpha value is -1.11. The van der Waals surface area contributed by atoms with Crippen molar-refractivity contribution in [3.8, 4) is 0 Å². The number of hydrogen-bond acceptors (Lipinski definition) is 4. The second-order valence-corrected chi connectivity index (χ2v) is 4.99. The molecule has 17 heavy (non-hydrogen) atoms. The van der Waals surface area contributed by atoms with Gasteiger partial charge in [0.25, 0.3) is 5.91 Å². The molecule has 0 aromatic heterocycles. The normalized spacial score (nSPS) is 24.1. The molecule has 0 bridgehead atoms. The average molecular weight is 301 g/mol. The van der Waals surface area contributed by atoms with Crippen molar-refractivity contribution in [3.05, 3.63) is 28.2 Å². The Kier molecular flexibility index (Phi) is 3.37. The van der Waals surface area contributed by atoms with Crippen molar-refractivity contribution in [3.63, 3.8) is 0 Å². The van der Waals surface area contributed by atoms with Crippen molar-refractivity contribution in [2.45, 2.75) is 12.2 Å². The first-order valence-corrected chi connectivity index (χ1v) is 5.99. The summed E-state index contributed by atoms with van der Waals surface area (Å²) in [6.45, 7) is 0.262. The standard InChI is InChI=1S/C11H13BrN2O3/c12-6-1-2-8(13)7(3-6)11(17)14-4-9(15)10(16)5-14/h1-3,9-10,15-16H,4-5,13H2/t9-,10+. The third-order valence-electron chi connectivity index (χ3n) is 2.79. The summed E-state index contributed by atoms with van der Waals surface area (Å²) in [7, 11) is 0. The highest BCUT2D eigenvalue weighted by atomic mass is 79.9. The maximum Gasteiger partial charge on any atom is 0.256 e. The Morgan fingerprint density at radius 3 is 2.53 bits per heavy atom. The molecule has 1 heterocycles. The van der Waals surface area contributed by atoms with Crippen LogP contribution in [0, 0.1) is 0 Å². The van der Waals surface area contributed by atoms with E-state index in [1.54, 1.807) is 18.2 Å². The first kappa shape index (κ1) is 12.3. The Bertz CT molecular complexity index is 442. The Labute approximate surface area is 107 Å². The first-order valence-electron chi connectivity index (χ1n) is 5.19. The zero-order valence-corrected chi connectivity index (χ0v) is 10.6. The maximum atomic E-state index is 12.1. The summed E-state index contributed by atoms with van der Waals surface area (Å²) in [4.78, 5) is 13.5. The molecule has 1 aliphatic rings. The highest BCUT2D eigenvalue weighted by molar-refractivity contribution is 9.10. The number of halogens is 1. The van der Waals surface area contributed by atoms with Crippen LogP contribution >= 0.6 is 15.9 Å². The van der Waals surface area contributed by atoms with Gasteiger partial charge in [0.2, 0.25) is 0 Å². The van der Waals surface area contributed by atoms with Crippen molar-refractivity contribution < 1.29 is 15.0 Å². The van der Waals surface area contributed by atoms with Crippen LogP contribution in [0.15, 0.2) is 22.7 Å². The number of nitrogen functional groups attached to an aromatic ring is 1. The number of β-amino-alcohol motifs (C(OH)–C–C–N with tert-alkyl or cyclic N) is 2. The van der Waals surface area contributed by atoms with Crippen LogP contribution < -0.4 is 5.73 Å². The van der Waals surface area contributed by atoms with E-state index in [1.807, 2.05) is 0 Å². The van der Waals surface area contributed by atoms with Gasteiger partial charge in [-0.3, -0.25) is 4.79 Å². The molecule has 1 fully saturated rings. The minimum Gasteiger partial charge on any atom is -0.398 e. The first-order chi connectivity index (χ1) is 7.99. The van der Waals surface area contributed by atoms with Gasteiger partial charge in [0.15, 0.2) is 0 Å². The zero-order chi connectivity index (χ0) is 12.6. The van der Waals surface area contributed by atoms with E-state index in [0.717, 1.165) is 4.47 Å². The summed E-state index contributed by atoms with van der Waals surface area (Å²) in [5, 5.41) is 18.8. The van der Waals surface area contributed by atoms with Gasteiger partial charge in [0, 0.05) is 23.2 Å². The van der Waals surface area contributed by atoms with Gasteiger partial charge in [-0.05, 0) is 18.2 Å². The molecule has 0 radical (unpaired) electrons. The molecule has 1 aromatic carbocycles. The number of anilines is 1. The largest absolute Gasteiger partial charge is 0.398 e. The average Bonchev–Trinajstić information content (AvgIpc) is 2.62. The number of carbonyl (C=O) groups is 1. The summed E-state index contributed by atoms with van der Waals surface area (Å²) in [5.41, 5.74) is 6.49. The fourth-order valence-electron chi connectivity index (χ4n) is 1.82. The zero-order valence-electron chi connectivity index (χ0n) is 9.01. The minimum absolute atomic E-state index is 0.131. The molecule has 5 nitrogen and oxygen atoms in total. The molecule has 2 rings (SSSR count). The summed E-state index contributed by atoms with van der Waals surface area (Å²) in [5.74, 6) is -0.278. The molecule has 2 atom stereocenters. The van der Waals surface area contributed by atoms with E-state index in [9.17, 15) is 15.0 Å². The number of aliphatic hydroxyl groups excluding tert-OH is 2. The van der Waals surface area contributed by atoms with Crippen LogP contribution in [0.3, 0.4) is 0 Å². The monoisotopic (exact) mass is 300 g/mol. The SMILES string of the molecule is Nc1ccc(Br)cc1C(=O)N1C[C@@H](O)[C@@H](O)C1. The molecule has 1 aliphatic heterocycles. The van der Waals surface area contributed by atoms with Gasteiger partial charge in [-0.15, -0.1) is 0 Å². The van der Waals surface area contributed by atoms with Crippen molar-refractivity contribution in [1.82, 2.24) is 4.90 Å². The van der Waals surface area contributed by atoms with Gasteiger partial charge >= 0.3 is 0 Å². The topological polar surface area (TPSA) is 86.8 Å². The lowest BCUT2D eigenvalue weighted by atomic mass is 10.1. The fourth-order valence-corrected chi connectivity index (χ4v) is 2.18. The molecule has 6 heteroatoms. The van der Waals surface area contributed by atoms with Gasteiger partial charge in [0.1, 0.15) is 0 Å². The Morgan fingerprint density at radius 1 is 1.35 bits per heavy atom. The maximum absolute atomic E-state index is 12.1. The van der Waals surface area contributed by atoms with Gasteiger partial charge < -0.3 is 20.8 Å². The number of nitrogens with zero attached hydrogens (tertiary/aromatic N) is 1. The van der Waals surface area contributed by atoms with Gasteiger partial charge in [0.05, 0.1) is 17.8 Å². The van der Waals surface area contributed by atoms with E-state index < -0.39 is 12.2 Å². The molecule has 4 N–H and O–H groups in total. The second-order valence-electron chi connectivity index (χ2n) is 4.08. The van der Waals surface area contributed by atoms with Crippen LogP contribution in [-0.4, -0.2) is 46.3 Å². The molecule has 1 amide bonds. The van der Waals surface area contributed by atoms with E-state index in [-0.39, 0.29) is 19.0 Å². The minimum atomic E-state index is -0.882. The van der Waals surface area contributed by atoms with Crippen molar-refractivity contribution in [2.75, 3.05) is 18.8 Å². The highest BCUT2D eigenvalue weighted by Gasteiger charge is 2.33. The van der Waals surface area contributed by atoms with E-state index in [4.69, 9.17) is 5.73 Å². The molecule has 0 saturated carbocycles. The summed E-state index contributed by atoms with van der Waals surface area (Å²) >= 11 is 3.27. The number of amides is 1. The molecule has 1 aromatic rings. The van der Waals surface area contributed by atoms with Crippen molar-refractivity contribution in [2.24, 2.45) is 0 Å². The predicted molar refractivity (Wildman–Crippen MR) is 66.5 cm³/mol. The van der Waals surface area contributed by atoms with Gasteiger partial charge in [-0.2, -0.15) is 0 Å². The fraction of sp³-hybridized carbons (Fsp3) is 0.364. The molecule has 0 aliphatic carbocycles. The lowest BCUT2D eigenvalue weighted by Crippen LogP contribution is -2.30. The van der Waals surface area contributed by atoms with Gasteiger partial charge in [-0.25, -0.2) is 0 Å². The number of rotatable bonds is 1. The third kappa shape index (κ3) is 2.43. The summed E-state index contributed by atoms with van der Waals surface area (Å²) < 4.78 is 0.760. The number of nitrogens with two attached hydrogens (primary N) is 1. The van der Waals surface area contributed by atoms with Crippen LogP contribution in [0.5, 0.6) is 0 Å². The lowest BCUT2D eigenvalue weighted by Gasteiger charge is -2.16. The van der Waals surface area contributed by atoms with Crippen molar-refractivity contribution in [1.29, 1.82) is 0 Å². The Balaban J connectivity index is 2.23. The highest BCUT2D eigenvalue weighted by Crippen LogP contribution is 2.22. The molecule has 92 valence electrons. The van der Waals surface area contributed by atoms with E-state index in [2.05, 4.69) is 15.9 Å². The number of hydrogen-bond donors (Lipinski definition) is 3.